The highest BCUT2D eigenvalue weighted by atomic mass is 16.2. The second kappa shape index (κ2) is 4.55. The lowest BCUT2D eigenvalue weighted by molar-refractivity contribution is -0.117. The van der Waals surface area contributed by atoms with Gasteiger partial charge in [0.25, 0.3) is 0 Å². The lowest BCUT2D eigenvalue weighted by Crippen LogP contribution is -2.16. The summed E-state index contributed by atoms with van der Waals surface area (Å²) in [5.41, 5.74) is 9.69. The molecule has 3 heteroatoms. The monoisotopic (exact) mass is 258 g/mol. The first-order valence-electron chi connectivity index (χ1n) is 7.25. The van der Waals surface area contributed by atoms with Crippen LogP contribution in [0.25, 0.3) is 0 Å². The molecule has 0 saturated heterocycles. The second-order valence-electron chi connectivity index (χ2n) is 6.15. The molecule has 1 aromatic rings. The van der Waals surface area contributed by atoms with Crippen LogP contribution in [0.2, 0.25) is 0 Å². The SMILES string of the molecule is Cc1cc(C)c(NC(=O)C2C3CCCCC32)cc1N. The fourth-order valence-corrected chi connectivity index (χ4v) is 3.60. The van der Waals surface area contributed by atoms with Crippen molar-refractivity contribution in [3.63, 3.8) is 0 Å². The summed E-state index contributed by atoms with van der Waals surface area (Å²) in [5, 5.41) is 3.08. The van der Waals surface area contributed by atoms with Crippen molar-refractivity contribution in [3.05, 3.63) is 23.3 Å². The van der Waals surface area contributed by atoms with Gasteiger partial charge in [-0.25, -0.2) is 0 Å². The second-order valence-corrected chi connectivity index (χ2v) is 6.15. The first-order chi connectivity index (χ1) is 9.08. The normalized spacial score (nSPS) is 28.6. The molecule has 1 amide bonds. The maximum absolute atomic E-state index is 12.3. The van der Waals surface area contributed by atoms with Crippen LogP contribution in [-0.4, -0.2) is 5.91 Å². The molecule has 2 aliphatic rings. The summed E-state index contributed by atoms with van der Waals surface area (Å²) in [6, 6.07) is 3.92. The van der Waals surface area contributed by atoms with E-state index >= 15 is 0 Å². The maximum Gasteiger partial charge on any atom is 0.228 e. The number of benzene rings is 1. The van der Waals surface area contributed by atoms with E-state index in [0.29, 0.717) is 11.8 Å². The lowest BCUT2D eigenvalue weighted by Gasteiger charge is -2.11. The number of carbonyl (C=O) groups excluding carboxylic acids is 1. The summed E-state index contributed by atoms with van der Waals surface area (Å²) in [7, 11) is 0. The Labute approximate surface area is 114 Å². The minimum atomic E-state index is 0.197. The largest absolute Gasteiger partial charge is 0.398 e. The molecule has 102 valence electrons. The van der Waals surface area contributed by atoms with E-state index in [9.17, 15) is 4.79 Å². The molecule has 0 aromatic heterocycles. The predicted molar refractivity (Wildman–Crippen MR) is 77.9 cm³/mol. The summed E-state index contributed by atoms with van der Waals surface area (Å²) in [6.07, 6.45) is 5.05. The Morgan fingerprint density at radius 2 is 1.79 bits per heavy atom. The third-order valence-corrected chi connectivity index (χ3v) is 4.83. The van der Waals surface area contributed by atoms with Crippen LogP contribution < -0.4 is 11.1 Å². The number of hydrogen-bond acceptors (Lipinski definition) is 2. The molecule has 0 aliphatic heterocycles. The molecule has 3 N–H and O–H groups in total. The zero-order valence-corrected chi connectivity index (χ0v) is 11.7. The molecule has 3 nitrogen and oxygen atoms in total. The van der Waals surface area contributed by atoms with E-state index in [1.54, 1.807) is 0 Å². The molecule has 19 heavy (non-hydrogen) atoms. The number of hydrogen-bond donors (Lipinski definition) is 2. The van der Waals surface area contributed by atoms with Crippen molar-refractivity contribution in [2.75, 3.05) is 11.1 Å². The van der Waals surface area contributed by atoms with E-state index in [1.807, 2.05) is 26.0 Å². The van der Waals surface area contributed by atoms with Crippen molar-refractivity contribution in [1.82, 2.24) is 0 Å². The molecular weight excluding hydrogens is 236 g/mol. The summed E-state index contributed by atoms with van der Waals surface area (Å²) in [5.74, 6) is 1.75. The van der Waals surface area contributed by atoms with Gasteiger partial charge in [-0.2, -0.15) is 0 Å². The van der Waals surface area contributed by atoms with Crippen LogP contribution in [-0.2, 0) is 4.79 Å². The van der Waals surface area contributed by atoms with E-state index in [1.165, 1.54) is 25.7 Å². The number of rotatable bonds is 2. The molecule has 0 spiro atoms. The van der Waals surface area contributed by atoms with E-state index in [4.69, 9.17) is 5.73 Å². The Morgan fingerprint density at radius 3 is 2.42 bits per heavy atom. The Bertz CT molecular complexity index is 512. The quantitative estimate of drug-likeness (QED) is 0.800. The van der Waals surface area contributed by atoms with Gasteiger partial charge in [0.05, 0.1) is 0 Å². The van der Waals surface area contributed by atoms with Crippen LogP contribution in [0.15, 0.2) is 12.1 Å². The number of aryl methyl sites for hydroxylation is 2. The van der Waals surface area contributed by atoms with Crippen molar-refractivity contribution in [3.8, 4) is 0 Å². The minimum Gasteiger partial charge on any atom is -0.398 e. The molecule has 3 rings (SSSR count). The topological polar surface area (TPSA) is 55.1 Å². The Hall–Kier alpha value is -1.51. The highest BCUT2D eigenvalue weighted by Gasteiger charge is 2.54. The van der Waals surface area contributed by atoms with Crippen molar-refractivity contribution >= 4 is 17.3 Å². The average Bonchev–Trinajstić information content (AvgIpc) is 3.10. The van der Waals surface area contributed by atoms with Crippen LogP contribution in [0.4, 0.5) is 11.4 Å². The van der Waals surface area contributed by atoms with Gasteiger partial charge >= 0.3 is 0 Å². The smallest absolute Gasteiger partial charge is 0.228 e. The van der Waals surface area contributed by atoms with Gasteiger partial charge in [0.15, 0.2) is 0 Å². The average molecular weight is 258 g/mol. The molecule has 0 radical (unpaired) electrons. The standard InChI is InChI=1S/C16H22N2O/c1-9-7-10(2)14(8-13(9)17)18-16(19)15-11-5-3-4-6-12(11)15/h7-8,11-12,15H,3-6,17H2,1-2H3,(H,18,19). The molecule has 2 saturated carbocycles. The van der Waals surface area contributed by atoms with E-state index < -0.39 is 0 Å². The van der Waals surface area contributed by atoms with Crippen LogP contribution in [0.1, 0.15) is 36.8 Å². The van der Waals surface area contributed by atoms with Crippen molar-refractivity contribution in [2.24, 2.45) is 17.8 Å². The fraction of sp³-hybridized carbons (Fsp3) is 0.562. The number of nitrogens with two attached hydrogens (primary N) is 1. The number of nitrogen functional groups attached to an aromatic ring is 1. The molecule has 2 fully saturated rings. The van der Waals surface area contributed by atoms with Crippen molar-refractivity contribution in [1.29, 1.82) is 0 Å². The van der Waals surface area contributed by atoms with Gasteiger partial charge in [-0.1, -0.05) is 18.9 Å². The molecule has 2 aliphatic carbocycles. The van der Waals surface area contributed by atoms with Gasteiger partial charge < -0.3 is 11.1 Å². The maximum atomic E-state index is 12.3. The van der Waals surface area contributed by atoms with Gasteiger partial charge in [0, 0.05) is 17.3 Å². The molecule has 2 atom stereocenters. The molecule has 0 bridgehead atoms. The summed E-state index contributed by atoms with van der Waals surface area (Å²) in [4.78, 5) is 12.3. The highest BCUT2D eigenvalue weighted by molar-refractivity contribution is 5.96. The molecular formula is C16H22N2O. The molecule has 1 aromatic carbocycles. The minimum absolute atomic E-state index is 0.197. The van der Waals surface area contributed by atoms with Crippen LogP contribution in [0.3, 0.4) is 0 Å². The first kappa shape index (κ1) is 12.5. The van der Waals surface area contributed by atoms with Crippen molar-refractivity contribution in [2.45, 2.75) is 39.5 Å². The van der Waals surface area contributed by atoms with Crippen LogP contribution in [0, 0.1) is 31.6 Å². The molecule has 0 heterocycles. The van der Waals surface area contributed by atoms with Crippen LogP contribution >= 0.6 is 0 Å². The predicted octanol–water partition coefficient (Wildman–Crippen LogP) is 3.26. The Kier molecular flexibility index (Phi) is 3.00. The van der Waals surface area contributed by atoms with E-state index in [0.717, 1.165) is 22.5 Å². The van der Waals surface area contributed by atoms with E-state index in [2.05, 4.69) is 5.32 Å². The molecule has 2 unspecified atom stereocenters. The third kappa shape index (κ3) is 2.22. The number of anilines is 2. The van der Waals surface area contributed by atoms with Gasteiger partial charge in [-0.3, -0.25) is 4.79 Å². The number of fused-ring (bicyclic) bond motifs is 1. The highest BCUT2D eigenvalue weighted by Crippen LogP contribution is 2.55. The Balaban J connectivity index is 1.72. The van der Waals surface area contributed by atoms with Gasteiger partial charge in [0.1, 0.15) is 0 Å². The van der Waals surface area contributed by atoms with Crippen LogP contribution in [0.5, 0.6) is 0 Å². The fourth-order valence-electron chi connectivity index (χ4n) is 3.60. The number of carbonyl (C=O) groups is 1. The van der Waals surface area contributed by atoms with Gasteiger partial charge in [0.2, 0.25) is 5.91 Å². The van der Waals surface area contributed by atoms with E-state index in [-0.39, 0.29) is 11.8 Å². The lowest BCUT2D eigenvalue weighted by atomic mass is 10.0. The zero-order valence-electron chi connectivity index (χ0n) is 11.7. The third-order valence-electron chi connectivity index (χ3n) is 4.83. The summed E-state index contributed by atoms with van der Waals surface area (Å²) >= 11 is 0. The number of nitrogens with one attached hydrogen (secondary N) is 1. The van der Waals surface area contributed by atoms with Gasteiger partial charge in [-0.05, 0) is 55.7 Å². The van der Waals surface area contributed by atoms with Crippen molar-refractivity contribution < 1.29 is 4.79 Å². The first-order valence-corrected chi connectivity index (χ1v) is 7.25. The summed E-state index contributed by atoms with van der Waals surface area (Å²) in [6.45, 7) is 4.01. The summed E-state index contributed by atoms with van der Waals surface area (Å²) < 4.78 is 0. The zero-order chi connectivity index (χ0) is 13.6. The van der Waals surface area contributed by atoms with Gasteiger partial charge in [-0.15, -0.1) is 0 Å². The number of amides is 1. The Morgan fingerprint density at radius 1 is 1.16 bits per heavy atom.